The van der Waals surface area contributed by atoms with E-state index in [1.807, 2.05) is 18.3 Å². The fourth-order valence-electron chi connectivity index (χ4n) is 4.45. The molecule has 0 spiro atoms. The van der Waals surface area contributed by atoms with Crippen molar-refractivity contribution < 1.29 is 9.53 Å². The highest BCUT2D eigenvalue weighted by molar-refractivity contribution is 5.79. The summed E-state index contributed by atoms with van der Waals surface area (Å²) in [6.07, 6.45) is 11.8. The highest BCUT2D eigenvalue weighted by Crippen LogP contribution is 2.35. The van der Waals surface area contributed by atoms with Crippen LogP contribution >= 0.6 is 0 Å². The van der Waals surface area contributed by atoms with E-state index in [1.54, 1.807) is 0 Å². The molecule has 1 aliphatic carbocycles. The molecule has 1 aliphatic heterocycles. The summed E-state index contributed by atoms with van der Waals surface area (Å²) in [7, 11) is 0. The maximum Gasteiger partial charge on any atom is 0.160 e. The Bertz CT molecular complexity index is 807. The largest absolute Gasteiger partial charge is 0.372 e. The number of pyridine rings is 1. The zero-order chi connectivity index (χ0) is 18.9. The number of aromatic nitrogens is 3. The van der Waals surface area contributed by atoms with Crippen molar-refractivity contribution >= 4 is 16.9 Å². The van der Waals surface area contributed by atoms with Crippen LogP contribution in [-0.4, -0.2) is 32.0 Å². The molecule has 5 heteroatoms. The molecule has 146 valence electrons. The number of hydrogen-bond acceptors (Lipinski definition) is 4. The van der Waals surface area contributed by atoms with E-state index in [2.05, 4.69) is 23.4 Å². The third-order valence-electron chi connectivity index (χ3n) is 6.06. The fraction of sp³-hybridized carbons (Fsp3) is 0.682. The Hall–Kier alpha value is -1.75. The monoisotopic (exact) mass is 369 g/mol. The first-order valence-electron chi connectivity index (χ1n) is 10.5. The summed E-state index contributed by atoms with van der Waals surface area (Å²) in [6.45, 7) is 4.26. The first-order chi connectivity index (χ1) is 13.0. The molecule has 0 amide bonds. The number of ketones is 1. The lowest BCUT2D eigenvalue weighted by molar-refractivity contribution is -0.133. The average Bonchev–Trinajstić information content (AvgIpc) is 2.91. The van der Waals surface area contributed by atoms with Crippen LogP contribution in [0.4, 0.5) is 0 Å². The van der Waals surface area contributed by atoms with Crippen LogP contribution in [0.2, 0.25) is 0 Å². The topological polar surface area (TPSA) is 57.0 Å². The smallest absolute Gasteiger partial charge is 0.160 e. The summed E-state index contributed by atoms with van der Waals surface area (Å²) in [5, 5.41) is 0. The number of fused-ring (bicyclic) bond motifs is 1. The Balaban J connectivity index is 1.34. The van der Waals surface area contributed by atoms with Crippen molar-refractivity contribution in [1.29, 1.82) is 0 Å². The van der Waals surface area contributed by atoms with Gasteiger partial charge >= 0.3 is 0 Å². The molecule has 5 nitrogen and oxygen atoms in total. The van der Waals surface area contributed by atoms with Gasteiger partial charge in [-0.05, 0) is 70.9 Å². The van der Waals surface area contributed by atoms with Gasteiger partial charge in [-0.3, -0.25) is 4.79 Å². The van der Waals surface area contributed by atoms with E-state index in [9.17, 15) is 4.79 Å². The van der Waals surface area contributed by atoms with Gasteiger partial charge < -0.3 is 9.30 Å². The molecule has 0 bridgehead atoms. The van der Waals surface area contributed by atoms with Crippen molar-refractivity contribution in [3.8, 4) is 0 Å². The summed E-state index contributed by atoms with van der Waals surface area (Å²) in [4.78, 5) is 21.8. The van der Waals surface area contributed by atoms with Crippen molar-refractivity contribution in [2.24, 2.45) is 0 Å². The average molecular weight is 370 g/mol. The summed E-state index contributed by atoms with van der Waals surface area (Å²) >= 11 is 0. The molecule has 2 aromatic heterocycles. The standard InChI is InChI=1S/C22H31N3O2/c1-22(2)13-5-10-18(27-22)15-17(26)9-4-12-20-24-19-11-6-14-23-21(19)25(20)16-7-3-8-16/h6,11,14,16,18H,3-5,7-10,12-13,15H2,1-2H3. The minimum Gasteiger partial charge on any atom is -0.372 e. The molecule has 4 rings (SSSR count). The second kappa shape index (κ2) is 7.70. The predicted molar refractivity (Wildman–Crippen MR) is 106 cm³/mol. The Morgan fingerprint density at radius 2 is 2.15 bits per heavy atom. The summed E-state index contributed by atoms with van der Waals surface area (Å²) < 4.78 is 8.41. The first kappa shape index (κ1) is 18.6. The fourth-order valence-corrected chi connectivity index (χ4v) is 4.45. The van der Waals surface area contributed by atoms with Crippen molar-refractivity contribution in [2.75, 3.05) is 0 Å². The van der Waals surface area contributed by atoms with Gasteiger partial charge in [0.2, 0.25) is 0 Å². The number of carbonyl (C=O) groups excluding carboxylic acids is 1. The second-order valence-corrected chi connectivity index (χ2v) is 8.82. The number of carbonyl (C=O) groups is 1. The van der Waals surface area contributed by atoms with E-state index in [0.717, 1.165) is 49.1 Å². The minimum absolute atomic E-state index is 0.0795. The molecule has 0 N–H and O–H groups in total. The van der Waals surface area contributed by atoms with Crippen LogP contribution in [0, 0.1) is 0 Å². The zero-order valence-corrected chi connectivity index (χ0v) is 16.6. The van der Waals surface area contributed by atoms with Crippen LogP contribution in [0.25, 0.3) is 11.2 Å². The van der Waals surface area contributed by atoms with Crippen LogP contribution in [0.3, 0.4) is 0 Å². The predicted octanol–water partition coefficient (Wildman–Crippen LogP) is 4.79. The number of imidazole rings is 1. The Kier molecular flexibility index (Phi) is 5.31. The molecule has 2 fully saturated rings. The number of nitrogens with zero attached hydrogens (tertiary/aromatic N) is 3. The van der Waals surface area contributed by atoms with E-state index < -0.39 is 0 Å². The number of ether oxygens (including phenoxy) is 1. The molecule has 2 aromatic rings. The Morgan fingerprint density at radius 3 is 2.89 bits per heavy atom. The van der Waals surface area contributed by atoms with Crippen LogP contribution < -0.4 is 0 Å². The van der Waals surface area contributed by atoms with Gasteiger partial charge in [-0.25, -0.2) is 9.97 Å². The van der Waals surface area contributed by atoms with Gasteiger partial charge in [-0.2, -0.15) is 0 Å². The van der Waals surface area contributed by atoms with Crippen molar-refractivity contribution in [1.82, 2.24) is 14.5 Å². The van der Waals surface area contributed by atoms with Crippen LogP contribution in [0.1, 0.15) is 83.5 Å². The highest BCUT2D eigenvalue weighted by Gasteiger charge is 2.29. The van der Waals surface area contributed by atoms with E-state index >= 15 is 0 Å². The lowest BCUT2D eigenvalue weighted by atomic mass is 9.92. The van der Waals surface area contributed by atoms with Crippen LogP contribution in [-0.2, 0) is 16.0 Å². The molecular weight excluding hydrogens is 338 g/mol. The number of Topliss-reactive ketones (excluding diaryl/α,β-unsaturated/α-hetero) is 1. The van der Waals surface area contributed by atoms with Gasteiger partial charge in [0.05, 0.1) is 11.7 Å². The molecule has 1 atom stereocenters. The summed E-state index contributed by atoms with van der Waals surface area (Å²) in [5.74, 6) is 1.42. The highest BCUT2D eigenvalue weighted by atomic mass is 16.5. The third kappa shape index (κ3) is 4.23. The molecular formula is C22H31N3O2. The Labute approximate surface area is 161 Å². The van der Waals surface area contributed by atoms with E-state index in [-0.39, 0.29) is 11.7 Å². The minimum atomic E-state index is -0.0795. The molecule has 1 saturated heterocycles. The molecule has 2 aliphatic rings. The molecule has 0 aromatic carbocycles. The normalized spacial score (nSPS) is 22.7. The number of aryl methyl sites for hydroxylation is 1. The van der Waals surface area contributed by atoms with E-state index in [1.165, 1.54) is 19.3 Å². The van der Waals surface area contributed by atoms with E-state index in [4.69, 9.17) is 9.72 Å². The van der Waals surface area contributed by atoms with Crippen molar-refractivity contribution in [2.45, 2.75) is 95.8 Å². The second-order valence-electron chi connectivity index (χ2n) is 8.82. The van der Waals surface area contributed by atoms with Crippen LogP contribution in [0.5, 0.6) is 0 Å². The summed E-state index contributed by atoms with van der Waals surface area (Å²) in [5.41, 5.74) is 1.90. The van der Waals surface area contributed by atoms with Gasteiger partial charge in [0, 0.05) is 31.5 Å². The molecule has 0 radical (unpaired) electrons. The number of hydrogen-bond donors (Lipinski definition) is 0. The molecule has 27 heavy (non-hydrogen) atoms. The number of rotatable bonds is 7. The molecule has 3 heterocycles. The lowest BCUT2D eigenvalue weighted by Crippen LogP contribution is -2.36. The van der Waals surface area contributed by atoms with Gasteiger partial charge in [-0.1, -0.05) is 0 Å². The van der Waals surface area contributed by atoms with Gasteiger partial charge in [0.15, 0.2) is 5.65 Å². The summed E-state index contributed by atoms with van der Waals surface area (Å²) in [6, 6.07) is 4.52. The third-order valence-corrected chi connectivity index (χ3v) is 6.06. The van der Waals surface area contributed by atoms with Gasteiger partial charge in [0.25, 0.3) is 0 Å². The van der Waals surface area contributed by atoms with Crippen LogP contribution in [0.15, 0.2) is 18.3 Å². The quantitative estimate of drug-likeness (QED) is 0.704. The Morgan fingerprint density at radius 1 is 1.30 bits per heavy atom. The lowest BCUT2D eigenvalue weighted by Gasteiger charge is -2.35. The van der Waals surface area contributed by atoms with E-state index in [0.29, 0.717) is 24.7 Å². The van der Waals surface area contributed by atoms with Gasteiger partial charge in [0.1, 0.15) is 17.1 Å². The maximum absolute atomic E-state index is 12.5. The molecule has 1 unspecified atom stereocenters. The zero-order valence-electron chi connectivity index (χ0n) is 16.6. The SMILES string of the molecule is CC1(C)CCCC(CC(=O)CCCc2nc3cccnc3n2C2CCC2)O1. The first-order valence-corrected chi connectivity index (χ1v) is 10.5. The maximum atomic E-state index is 12.5. The van der Waals surface area contributed by atoms with Crippen molar-refractivity contribution in [3.05, 3.63) is 24.2 Å². The van der Waals surface area contributed by atoms with Gasteiger partial charge in [-0.15, -0.1) is 0 Å². The molecule has 1 saturated carbocycles. The van der Waals surface area contributed by atoms with Crippen molar-refractivity contribution in [3.63, 3.8) is 0 Å².